The molecule has 0 unspecified atom stereocenters. The molecule has 2 aromatic rings. The van der Waals surface area contributed by atoms with Crippen molar-refractivity contribution < 1.29 is 9.59 Å². The Hall–Kier alpha value is -2.49. The highest BCUT2D eigenvalue weighted by atomic mass is 16.1. The van der Waals surface area contributed by atoms with Crippen LogP contribution in [0.4, 0.5) is 5.69 Å². The third-order valence-electron chi connectivity index (χ3n) is 3.02. The van der Waals surface area contributed by atoms with E-state index in [4.69, 9.17) is 0 Å². The summed E-state index contributed by atoms with van der Waals surface area (Å²) in [6.45, 7) is 5.20. The van der Waals surface area contributed by atoms with Crippen molar-refractivity contribution in [1.82, 2.24) is 4.98 Å². The van der Waals surface area contributed by atoms with Crippen LogP contribution in [0.5, 0.6) is 0 Å². The molecule has 0 aliphatic rings. The van der Waals surface area contributed by atoms with Gasteiger partial charge in [-0.2, -0.15) is 0 Å². The number of benzene rings is 1. The number of amides is 1. The lowest BCUT2D eigenvalue weighted by Crippen LogP contribution is -2.14. The molecule has 0 radical (unpaired) electrons. The molecule has 4 heteroatoms. The van der Waals surface area contributed by atoms with Crippen LogP contribution in [0.1, 0.15) is 39.0 Å². The van der Waals surface area contributed by atoms with Crippen LogP contribution in [0.15, 0.2) is 36.4 Å². The van der Waals surface area contributed by atoms with Gasteiger partial charge in [0.15, 0.2) is 5.78 Å². The van der Waals surface area contributed by atoms with Crippen molar-refractivity contribution in [2.75, 3.05) is 5.32 Å². The van der Waals surface area contributed by atoms with Crippen molar-refractivity contribution in [3.63, 3.8) is 0 Å². The zero-order chi connectivity index (χ0) is 14.7. The van der Waals surface area contributed by atoms with Crippen molar-refractivity contribution in [3.8, 4) is 0 Å². The molecular formula is C16H16N2O2. The Labute approximate surface area is 117 Å². The number of carbonyl (C=O) groups excluding carboxylic acids is 2. The molecule has 1 amide bonds. The van der Waals surface area contributed by atoms with Crippen molar-refractivity contribution in [3.05, 3.63) is 58.9 Å². The number of ketones is 1. The molecule has 1 aromatic heterocycles. The summed E-state index contributed by atoms with van der Waals surface area (Å²) < 4.78 is 0. The number of pyridine rings is 1. The second-order valence-corrected chi connectivity index (χ2v) is 4.67. The van der Waals surface area contributed by atoms with Gasteiger partial charge in [0, 0.05) is 16.9 Å². The van der Waals surface area contributed by atoms with Crippen LogP contribution in [-0.4, -0.2) is 16.7 Å². The smallest absolute Gasteiger partial charge is 0.257 e. The lowest BCUT2D eigenvalue weighted by molar-refractivity contribution is 0.101. The fraction of sp³-hybridized carbons (Fsp3) is 0.188. The maximum absolute atomic E-state index is 12.1. The molecule has 1 aromatic carbocycles. The third kappa shape index (κ3) is 3.09. The maximum Gasteiger partial charge on any atom is 0.257 e. The number of rotatable bonds is 3. The standard InChI is InChI=1S/C16H16N2O2/c1-10-4-9-15(11(2)17-10)16(20)18-14-7-5-13(6-8-14)12(3)19/h4-9H,1-3H3,(H,18,20). The summed E-state index contributed by atoms with van der Waals surface area (Å²) in [4.78, 5) is 27.6. The van der Waals surface area contributed by atoms with Gasteiger partial charge in [-0.1, -0.05) is 0 Å². The fourth-order valence-electron chi connectivity index (χ4n) is 1.91. The minimum atomic E-state index is -0.203. The lowest BCUT2D eigenvalue weighted by atomic mass is 10.1. The van der Waals surface area contributed by atoms with Gasteiger partial charge in [-0.05, 0) is 57.2 Å². The monoisotopic (exact) mass is 268 g/mol. The van der Waals surface area contributed by atoms with Gasteiger partial charge in [0.25, 0.3) is 5.91 Å². The Bertz CT molecular complexity index is 661. The van der Waals surface area contributed by atoms with Crippen LogP contribution >= 0.6 is 0 Å². The first kappa shape index (κ1) is 13.9. The summed E-state index contributed by atoms with van der Waals surface area (Å²) in [6, 6.07) is 10.4. The summed E-state index contributed by atoms with van der Waals surface area (Å²) in [5.74, 6) is -0.202. The average Bonchev–Trinajstić information content (AvgIpc) is 2.39. The number of Topliss-reactive ketones (excluding diaryl/α,β-unsaturated/α-hetero) is 1. The zero-order valence-corrected chi connectivity index (χ0v) is 11.7. The molecule has 1 N–H and O–H groups in total. The molecule has 0 fully saturated rings. The normalized spacial score (nSPS) is 10.2. The molecule has 0 aliphatic heterocycles. The van der Waals surface area contributed by atoms with E-state index in [1.54, 1.807) is 43.3 Å². The fourth-order valence-corrected chi connectivity index (χ4v) is 1.91. The number of anilines is 1. The first-order chi connectivity index (χ1) is 9.47. The van der Waals surface area contributed by atoms with Crippen molar-refractivity contribution in [2.24, 2.45) is 0 Å². The number of hydrogen-bond donors (Lipinski definition) is 1. The second-order valence-electron chi connectivity index (χ2n) is 4.67. The Kier molecular flexibility index (Phi) is 3.94. The maximum atomic E-state index is 12.1. The number of hydrogen-bond acceptors (Lipinski definition) is 3. The molecule has 0 saturated carbocycles. The predicted octanol–water partition coefficient (Wildman–Crippen LogP) is 3.15. The molecule has 0 aliphatic carbocycles. The minimum absolute atomic E-state index is 0.00135. The third-order valence-corrected chi connectivity index (χ3v) is 3.02. The van der Waals surface area contributed by atoms with Crippen LogP contribution in [-0.2, 0) is 0 Å². The molecule has 2 rings (SSSR count). The van der Waals surface area contributed by atoms with E-state index in [2.05, 4.69) is 10.3 Å². The van der Waals surface area contributed by atoms with E-state index in [9.17, 15) is 9.59 Å². The van der Waals surface area contributed by atoms with E-state index >= 15 is 0 Å². The van der Waals surface area contributed by atoms with Gasteiger partial charge < -0.3 is 5.32 Å². The van der Waals surface area contributed by atoms with Crippen molar-refractivity contribution in [2.45, 2.75) is 20.8 Å². The highest BCUT2D eigenvalue weighted by Gasteiger charge is 2.10. The quantitative estimate of drug-likeness (QED) is 0.870. The Morgan fingerprint density at radius 1 is 1.00 bits per heavy atom. The van der Waals surface area contributed by atoms with E-state index in [1.807, 2.05) is 6.92 Å². The Morgan fingerprint density at radius 2 is 1.65 bits per heavy atom. The van der Waals surface area contributed by atoms with Gasteiger partial charge >= 0.3 is 0 Å². The lowest BCUT2D eigenvalue weighted by Gasteiger charge is -2.08. The summed E-state index contributed by atoms with van der Waals surface area (Å²) >= 11 is 0. The van der Waals surface area contributed by atoms with Gasteiger partial charge in [0.2, 0.25) is 0 Å². The van der Waals surface area contributed by atoms with Crippen LogP contribution in [0.2, 0.25) is 0 Å². The van der Waals surface area contributed by atoms with Gasteiger partial charge in [0.05, 0.1) is 11.3 Å². The summed E-state index contributed by atoms with van der Waals surface area (Å²) in [6.07, 6.45) is 0. The second kappa shape index (κ2) is 5.65. The van der Waals surface area contributed by atoms with E-state index in [1.165, 1.54) is 6.92 Å². The molecule has 20 heavy (non-hydrogen) atoms. The Morgan fingerprint density at radius 3 is 2.20 bits per heavy atom. The highest BCUT2D eigenvalue weighted by Crippen LogP contribution is 2.13. The largest absolute Gasteiger partial charge is 0.322 e. The number of nitrogens with one attached hydrogen (secondary N) is 1. The van der Waals surface area contributed by atoms with Gasteiger partial charge in [0.1, 0.15) is 0 Å². The van der Waals surface area contributed by atoms with Gasteiger partial charge in [-0.25, -0.2) is 0 Å². The molecule has 102 valence electrons. The van der Waals surface area contributed by atoms with Crippen LogP contribution in [0.3, 0.4) is 0 Å². The number of aryl methyl sites for hydroxylation is 2. The number of carbonyl (C=O) groups is 2. The summed E-state index contributed by atoms with van der Waals surface area (Å²) in [5.41, 5.74) is 3.40. The van der Waals surface area contributed by atoms with Gasteiger partial charge in [-0.3, -0.25) is 14.6 Å². The SMILES string of the molecule is CC(=O)c1ccc(NC(=O)c2ccc(C)nc2C)cc1. The van der Waals surface area contributed by atoms with Crippen molar-refractivity contribution in [1.29, 1.82) is 0 Å². The van der Waals surface area contributed by atoms with E-state index < -0.39 is 0 Å². The first-order valence-electron chi connectivity index (χ1n) is 6.34. The molecule has 0 bridgehead atoms. The van der Waals surface area contributed by atoms with E-state index in [-0.39, 0.29) is 11.7 Å². The highest BCUT2D eigenvalue weighted by molar-refractivity contribution is 6.05. The van der Waals surface area contributed by atoms with Crippen LogP contribution < -0.4 is 5.32 Å². The van der Waals surface area contributed by atoms with E-state index in [0.29, 0.717) is 22.5 Å². The molecule has 1 heterocycles. The molecule has 4 nitrogen and oxygen atoms in total. The zero-order valence-electron chi connectivity index (χ0n) is 11.7. The predicted molar refractivity (Wildman–Crippen MR) is 78.1 cm³/mol. The molecule has 0 atom stereocenters. The Balaban J connectivity index is 2.17. The topological polar surface area (TPSA) is 59.1 Å². The molecule has 0 spiro atoms. The number of aromatic nitrogens is 1. The number of nitrogens with zero attached hydrogens (tertiary/aromatic N) is 1. The molecule has 0 saturated heterocycles. The summed E-state index contributed by atoms with van der Waals surface area (Å²) in [7, 11) is 0. The molecular weight excluding hydrogens is 252 g/mol. The van der Waals surface area contributed by atoms with Crippen LogP contribution in [0, 0.1) is 13.8 Å². The van der Waals surface area contributed by atoms with Crippen LogP contribution in [0.25, 0.3) is 0 Å². The van der Waals surface area contributed by atoms with E-state index in [0.717, 1.165) is 5.69 Å². The minimum Gasteiger partial charge on any atom is -0.322 e. The average molecular weight is 268 g/mol. The first-order valence-corrected chi connectivity index (χ1v) is 6.34. The summed E-state index contributed by atoms with van der Waals surface area (Å²) in [5, 5.41) is 2.79. The van der Waals surface area contributed by atoms with Crippen molar-refractivity contribution >= 4 is 17.4 Å². The van der Waals surface area contributed by atoms with Gasteiger partial charge in [-0.15, -0.1) is 0 Å².